The summed E-state index contributed by atoms with van der Waals surface area (Å²) < 4.78 is 10.6. The molecule has 0 saturated heterocycles. The van der Waals surface area contributed by atoms with Crippen LogP contribution in [0.4, 0.5) is 0 Å². The molecule has 110 valence electrons. The summed E-state index contributed by atoms with van der Waals surface area (Å²) in [5.74, 6) is 0.535. The molecule has 21 heavy (non-hydrogen) atoms. The molecule has 2 aromatic carbocycles. The summed E-state index contributed by atoms with van der Waals surface area (Å²) in [6.07, 6.45) is 1.40. The number of carbonyl (C=O) groups is 1. The molecule has 0 fully saturated rings. The molecule has 0 saturated carbocycles. The highest BCUT2D eigenvalue weighted by Crippen LogP contribution is 2.25. The van der Waals surface area contributed by atoms with Gasteiger partial charge in [0.2, 0.25) is 0 Å². The Labute approximate surface area is 125 Å². The Morgan fingerprint density at radius 2 is 1.71 bits per heavy atom. The lowest BCUT2D eigenvalue weighted by Gasteiger charge is -2.18. The fourth-order valence-corrected chi connectivity index (χ4v) is 2.25. The predicted molar refractivity (Wildman–Crippen MR) is 82.3 cm³/mol. The number of rotatable bonds is 6. The SMILES string of the molecule is COc1ccc(C(CCc2ccccc2)OC(C)=O)cc1. The van der Waals surface area contributed by atoms with E-state index in [0.29, 0.717) is 0 Å². The molecule has 3 nitrogen and oxygen atoms in total. The van der Waals surface area contributed by atoms with Gasteiger partial charge in [0.25, 0.3) is 0 Å². The maximum Gasteiger partial charge on any atom is 0.303 e. The van der Waals surface area contributed by atoms with Gasteiger partial charge in [0.1, 0.15) is 11.9 Å². The van der Waals surface area contributed by atoms with Crippen molar-refractivity contribution >= 4 is 5.97 Å². The highest BCUT2D eigenvalue weighted by atomic mass is 16.5. The van der Waals surface area contributed by atoms with Crippen LogP contribution < -0.4 is 4.74 Å². The quantitative estimate of drug-likeness (QED) is 0.754. The summed E-state index contributed by atoms with van der Waals surface area (Å²) in [7, 11) is 1.63. The normalized spacial score (nSPS) is 11.7. The maximum absolute atomic E-state index is 11.3. The first-order valence-corrected chi connectivity index (χ1v) is 7.04. The van der Waals surface area contributed by atoms with Crippen LogP contribution in [0.3, 0.4) is 0 Å². The van der Waals surface area contributed by atoms with E-state index in [4.69, 9.17) is 9.47 Å². The second-order valence-electron chi connectivity index (χ2n) is 4.90. The van der Waals surface area contributed by atoms with Gasteiger partial charge in [-0.15, -0.1) is 0 Å². The van der Waals surface area contributed by atoms with Crippen molar-refractivity contribution in [2.75, 3.05) is 7.11 Å². The Balaban J connectivity index is 2.07. The minimum atomic E-state index is -0.260. The number of carbonyl (C=O) groups excluding carboxylic acids is 1. The minimum Gasteiger partial charge on any atom is -0.497 e. The predicted octanol–water partition coefficient (Wildman–Crippen LogP) is 3.93. The van der Waals surface area contributed by atoms with E-state index in [0.717, 1.165) is 24.2 Å². The lowest BCUT2D eigenvalue weighted by Crippen LogP contribution is -2.09. The van der Waals surface area contributed by atoms with E-state index in [1.54, 1.807) is 7.11 Å². The van der Waals surface area contributed by atoms with Crippen LogP contribution >= 0.6 is 0 Å². The average Bonchev–Trinajstić information content (AvgIpc) is 2.52. The van der Waals surface area contributed by atoms with Crippen molar-refractivity contribution in [3.63, 3.8) is 0 Å². The van der Waals surface area contributed by atoms with Crippen LogP contribution in [0, 0.1) is 0 Å². The van der Waals surface area contributed by atoms with Crippen LogP contribution in [0.15, 0.2) is 54.6 Å². The monoisotopic (exact) mass is 284 g/mol. The van der Waals surface area contributed by atoms with Crippen LogP contribution in [0.25, 0.3) is 0 Å². The van der Waals surface area contributed by atoms with Crippen LogP contribution in [0.1, 0.15) is 30.6 Å². The molecule has 2 rings (SSSR count). The number of esters is 1. The van der Waals surface area contributed by atoms with Gasteiger partial charge in [0.15, 0.2) is 0 Å². The smallest absolute Gasteiger partial charge is 0.303 e. The zero-order valence-electron chi connectivity index (χ0n) is 12.4. The lowest BCUT2D eigenvalue weighted by molar-refractivity contribution is -0.147. The topological polar surface area (TPSA) is 35.5 Å². The molecule has 0 aromatic heterocycles. The zero-order valence-corrected chi connectivity index (χ0v) is 12.4. The van der Waals surface area contributed by atoms with Crippen molar-refractivity contribution in [2.45, 2.75) is 25.9 Å². The molecule has 0 aliphatic rings. The Kier molecular flexibility index (Phi) is 5.38. The van der Waals surface area contributed by atoms with Crippen LogP contribution in [-0.2, 0) is 16.0 Å². The first-order valence-electron chi connectivity index (χ1n) is 7.04. The maximum atomic E-state index is 11.3. The molecule has 0 amide bonds. The van der Waals surface area contributed by atoms with Gasteiger partial charge in [0.05, 0.1) is 7.11 Å². The molecular formula is C18H20O3. The molecule has 0 heterocycles. The molecule has 1 atom stereocenters. The fourth-order valence-electron chi connectivity index (χ4n) is 2.25. The number of aryl methyl sites for hydroxylation is 1. The van der Waals surface area contributed by atoms with E-state index < -0.39 is 0 Å². The standard InChI is InChI=1S/C18H20O3/c1-14(19)21-18(13-8-15-6-4-3-5-7-15)16-9-11-17(20-2)12-10-16/h3-7,9-12,18H,8,13H2,1-2H3. The van der Waals surface area contributed by atoms with Crippen molar-refractivity contribution in [3.05, 3.63) is 65.7 Å². The summed E-state index contributed by atoms with van der Waals surface area (Å²) in [5.41, 5.74) is 2.23. The number of hydrogen-bond donors (Lipinski definition) is 0. The van der Waals surface area contributed by atoms with E-state index >= 15 is 0 Å². The van der Waals surface area contributed by atoms with E-state index in [2.05, 4.69) is 12.1 Å². The summed E-state index contributed by atoms with van der Waals surface area (Å²) in [6, 6.07) is 17.8. The molecule has 2 aromatic rings. The zero-order chi connectivity index (χ0) is 15.1. The van der Waals surface area contributed by atoms with Crippen molar-refractivity contribution in [1.29, 1.82) is 0 Å². The largest absolute Gasteiger partial charge is 0.497 e. The van der Waals surface area contributed by atoms with E-state index in [9.17, 15) is 4.79 Å². The molecule has 0 aliphatic heterocycles. The van der Waals surface area contributed by atoms with Gasteiger partial charge in [0, 0.05) is 6.92 Å². The third-order valence-electron chi connectivity index (χ3n) is 3.33. The molecule has 0 aliphatic carbocycles. The highest BCUT2D eigenvalue weighted by Gasteiger charge is 2.15. The first-order chi connectivity index (χ1) is 10.2. The molecule has 3 heteroatoms. The van der Waals surface area contributed by atoms with E-state index in [1.807, 2.05) is 42.5 Å². The van der Waals surface area contributed by atoms with Gasteiger partial charge < -0.3 is 9.47 Å². The summed E-state index contributed by atoms with van der Waals surface area (Å²) in [6.45, 7) is 1.44. The van der Waals surface area contributed by atoms with Gasteiger partial charge in [-0.3, -0.25) is 4.79 Å². The van der Waals surface area contributed by atoms with Crippen molar-refractivity contribution in [3.8, 4) is 5.75 Å². The average molecular weight is 284 g/mol. The van der Waals surface area contributed by atoms with Crippen molar-refractivity contribution in [2.24, 2.45) is 0 Å². The molecule has 0 N–H and O–H groups in total. The van der Waals surface area contributed by atoms with Gasteiger partial charge >= 0.3 is 5.97 Å². The highest BCUT2D eigenvalue weighted by molar-refractivity contribution is 5.66. The second-order valence-corrected chi connectivity index (χ2v) is 4.90. The van der Waals surface area contributed by atoms with Crippen LogP contribution in [-0.4, -0.2) is 13.1 Å². The number of methoxy groups -OCH3 is 1. The van der Waals surface area contributed by atoms with Crippen molar-refractivity contribution in [1.82, 2.24) is 0 Å². The summed E-state index contributed by atoms with van der Waals surface area (Å²) >= 11 is 0. The van der Waals surface area contributed by atoms with Gasteiger partial charge in [-0.1, -0.05) is 42.5 Å². The van der Waals surface area contributed by atoms with E-state index in [-0.39, 0.29) is 12.1 Å². The molecule has 0 radical (unpaired) electrons. The van der Waals surface area contributed by atoms with E-state index in [1.165, 1.54) is 12.5 Å². The number of ether oxygens (including phenoxy) is 2. The van der Waals surface area contributed by atoms with Crippen LogP contribution in [0.5, 0.6) is 5.75 Å². The summed E-state index contributed by atoms with van der Waals surface area (Å²) in [4.78, 5) is 11.3. The van der Waals surface area contributed by atoms with Gasteiger partial charge in [-0.2, -0.15) is 0 Å². The third-order valence-corrected chi connectivity index (χ3v) is 3.33. The Bertz CT molecular complexity index is 561. The summed E-state index contributed by atoms with van der Waals surface area (Å²) in [5, 5.41) is 0. The number of hydrogen-bond acceptors (Lipinski definition) is 3. The fraction of sp³-hybridized carbons (Fsp3) is 0.278. The molecule has 0 spiro atoms. The molecule has 1 unspecified atom stereocenters. The Morgan fingerprint density at radius 3 is 2.29 bits per heavy atom. The second kappa shape index (κ2) is 7.48. The van der Waals surface area contributed by atoms with Crippen LogP contribution in [0.2, 0.25) is 0 Å². The lowest BCUT2D eigenvalue weighted by atomic mass is 10.0. The number of benzene rings is 2. The molecular weight excluding hydrogens is 264 g/mol. The minimum absolute atomic E-state index is 0.228. The molecule has 0 bridgehead atoms. The Morgan fingerprint density at radius 1 is 1.05 bits per heavy atom. The third kappa shape index (κ3) is 4.63. The first kappa shape index (κ1) is 15.1. The van der Waals surface area contributed by atoms with Gasteiger partial charge in [-0.25, -0.2) is 0 Å². The van der Waals surface area contributed by atoms with Crippen molar-refractivity contribution < 1.29 is 14.3 Å². The Hall–Kier alpha value is -2.29. The van der Waals surface area contributed by atoms with Gasteiger partial charge in [-0.05, 0) is 36.1 Å².